The summed E-state index contributed by atoms with van der Waals surface area (Å²) in [5, 5.41) is 2.58. The lowest BCUT2D eigenvalue weighted by Crippen LogP contribution is -2.23. The van der Waals surface area contributed by atoms with E-state index in [1.165, 1.54) is 0 Å². The van der Waals surface area contributed by atoms with Gasteiger partial charge in [0, 0.05) is 13.1 Å². The van der Waals surface area contributed by atoms with Crippen molar-refractivity contribution in [2.24, 2.45) is 0 Å². The third kappa shape index (κ3) is 3.84. The van der Waals surface area contributed by atoms with E-state index in [1.54, 1.807) is 12.3 Å². The van der Waals surface area contributed by atoms with Gasteiger partial charge in [-0.25, -0.2) is 13.8 Å². The number of hydrogen-bond donors (Lipinski definition) is 1. The summed E-state index contributed by atoms with van der Waals surface area (Å²) in [4.78, 5) is 3.93. The summed E-state index contributed by atoms with van der Waals surface area (Å²) in [5.74, 6) is -2.20. The van der Waals surface area contributed by atoms with E-state index in [1.807, 2.05) is 28.7 Å². The Balaban J connectivity index is 2.60. The topological polar surface area (TPSA) is 24.9 Å². The van der Waals surface area contributed by atoms with E-state index in [0.717, 1.165) is 10.5 Å². The lowest BCUT2D eigenvalue weighted by molar-refractivity contribution is 0.0367. The first-order valence-electron chi connectivity index (χ1n) is 3.71. The van der Waals surface area contributed by atoms with Crippen LogP contribution in [0.5, 0.6) is 0 Å². The Bertz CT molecular complexity index is 286. The van der Waals surface area contributed by atoms with Gasteiger partial charge in [0.05, 0.1) is 10.1 Å². The second kappa shape index (κ2) is 4.17. The first kappa shape index (κ1) is 10.6. The summed E-state index contributed by atoms with van der Waals surface area (Å²) in [6.45, 7) is 0.482. The first-order valence-corrected chi connectivity index (χ1v) is 4.79. The van der Waals surface area contributed by atoms with E-state index in [9.17, 15) is 8.78 Å². The molecule has 1 rings (SSSR count). The molecule has 0 spiro atoms. The van der Waals surface area contributed by atoms with Crippen LogP contribution in [0.25, 0.3) is 0 Å². The molecule has 0 aliphatic heterocycles. The highest BCUT2D eigenvalue weighted by atomic mass is 127. The molecule has 13 heavy (non-hydrogen) atoms. The van der Waals surface area contributed by atoms with Gasteiger partial charge in [-0.3, -0.25) is 0 Å². The predicted octanol–water partition coefficient (Wildman–Crippen LogP) is 2.75. The molecule has 1 N–H and O–H groups in total. The summed E-state index contributed by atoms with van der Waals surface area (Å²) >= 11 is 2.04. The molecule has 1 aromatic heterocycles. The molecule has 0 radical (unpaired) electrons. The molecule has 0 saturated heterocycles. The van der Waals surface area contributed by atoms with Crippen molar-refractivity contribution in [2.75, 3.05) is 11.9 Å². The SMILES string of the molecule is CC(F)(F)CNc1ncccc1I. The first-order chi connectivity index (χ1) is 5.99. The summed E-state index contributed by atoms with van der Waals surface area (Å²) in [7, 11) is 0. The lowest BCUT2D eigenvalue weighted by atomic mass is 10.4. The maximum Gasteiger partial charge on any atom is 0.262 e. The van der Waals surface area contributed by atoms with E-state index in [0.29, 0.717) is 5.82 Å². The predicted molar refractivity (Wildman–Crippen MR) is 56.1 cm³/mol. The molecule has 0 aliphatic carbocycles. The van der Waals surface area contributed by atoms with Crippen LogP contribution >= 0.6 is 22.6 Å². The Morgan fingerprint density at radius 3 is 2.85 bits per heavy atom. The van der Waals surface area contributed by atoms with Gasteiger partial charge in [-0.1, -0.05) is 0 Å². The van der Waals surface area contributed by atoms with Crippen molar-refractivity contribution >= 4 is 28.4 Å². The minimum Gasteiger partial charge on any atom is -0.363 e. The zero-order valence-electron chi connectivity index (χ0n) is 7.02. The molecule has 0 amide bonds. The third-order valence-corrected chi connectivity index (χ3v) is 2.20. The maximum atomic E-state index is 12.4. The number of nitrogens with zero attached hydrogens (tertiary/aromatic N) is 1. The third-order valence-electron chi connectivity index (χ3n) is 1.32. The molecule has 0 unspecified atom stereocenters. The molecule has 0 aromatic carbocycles. The van der Waals surface area contributed by atoms with Crippen molar-refractivity contribution in [2.45, 2.75) is 12.8 Å². The minimum absolute atomic E-state index is 0.389. The van der Waals surface area contributed by atoms with Gasteiger partial charge >= 0.3 is 0 Å². The number of aromatic nitrogens is 1. The van der Waals surface area contributed by atoms with Gasteiger partial charge in [0.15, 0.2) is 0 Å². The molecule has 2 nitrogen and oxygen atoms in total. The fraction of sp³-hybridized carbons (Fsp3) is 0.375. The molecular weight excluding hydrogens is 289 g/mol. The number of alkyl halides is 2. The quantitative estimate of drug-likeness (QED) is 0.868. The van der Waals surface area contributed by atoms with Crippen molar-refractivity contribution in [3.8, 4) is 0 Å². The van der Waals surface area contributed by atoms with Gasteiger partial charge in [-0.2, -0.15) is 0 Å². The van der Waals surface area contributed by atoms with Crippen LogP contribution in [-0.2, 0) is 0 Å². The van der Waals surface area contributed by atoms with Gasteiger partial charge in [0.2, 0.25) is 0 Å². The highest BCUT2D eigenvalue weighted by Gasteiger charge is 2.20. The number of pyridine rings is 1. The standard InChI is InChI=1S/C8H9F2IN2/c1-8(9,10)5-13-7-6(11)3-2-4-12-7/h2-4H,5H2,1H3,(H,12,13). The smallest absolute Gasteiger partial charge is 0.262 e. The van der Waals surface area contributed by atoms with Crippen LogP contribution in [0.3, 0.4) is 0 Å². The van der Waals surface area contributed by atoms with Crippen LogP contribution in [0, 0.1) is 3.57 Å². The van der Waals surface area contributed by atoms with Crippen LogP contribution in [-0.4, -0.2) is 17.5 Å². The van der Waals surface area contributed by atoms with Crippen molar-refractivity contribution in [3.63, 3.8) is 0 Å². The largest absolute Gasteiger partial charge is 0.363 e. The fourth-order valence-electron chi connectivity index (χ4n) is 0.755. The lowest BCUT2D eigenvalue weighted by Gasteiger charge is -2.12. The fourth-order valence-corrected chi connectivity index (χ4v) is 1.29. The second-order valence-electron chi connectivity index (χ2n) is 2.76. The zero-order valence-corrected chi connectivity index (χ0v) is 9.18. The zero-order chi connectivity index (χ0) is 9.90. The molecule has 1 aromatic rings. The monoisotopic (exact) mass is 298 g/mol. The van der Waals surface area contributed by atoms with Crippen LogP contribution in [0.4, 0.5) is 14.6 Å². The summed E-state index contributed by atoms with van der Waals surface area (Å²) in [6.07, 6.45) is 1.57. The Kier molecular flexibility index (Phi) is 3.40. The average Bonchev–Trinajstić information content (AvgIpc) is 2.01. The molecule has 5 heteroatoms. The summed E-state index contributed by atoms with van der Waals surface area (Å²) in [5.41, 5.74) is 0. The van der Waals surface area contributed by atoms with Gasteiger partial charge in [-0.05, 0) is 34.7 Å². The normalized spacial score (nSPS) is 11.4. The molecule has 0 bridgehead atoms. The molecule has 0 saturated carbocycles. The van der Waals surface area contributed by atoms with Gasteiger partial charge in [0.1, 0.15) is 5.82 Å². The second-order valence-corrected chi connectivity index (χ2v) is 3.92. The Morgan fingerprint density at radius 1 is 1.62 bits per heavy atom. The van der Waals surface area contributed by atoms with Crippen molar-refractivity contribution in [1.29, 1.82) is 0 Å². The molecule has 0 aliphatic rings. The van der Waals surface area contributed by atoms with Gasteiger partial charge in [0.25, 0.3) is 5.92 Å². The van der Waals surface area contributed by atoms with Crippen molar-refractivity contribution in [1.82, 2.24) is 4.98 Å². The average molecular weight is 298 g/mol. The maximum absolute atomic E-state index is 12.4. The van der Waals surface area contributed by atoms with Crippen LogP contribution < -0.4 is 5.32 Å². The van der Waals surface area contributed by atoms with Gasteiger partial charge < -0.3 is 5.32 Å². The van der Waals surface area contributed by atoms with Crippen LogP contribution in [0.15, 0.2) is 18.3 Å². The molecule has 0 fully saturated rings. The molecule has 72 valence electrons. The molecule has 1 heterocycles. The number of hydrogen-bond acceptors (Lipinski definition) is 2. The number of anilines is 1. The van der Waals surface area contributed by atoms with Crippen LogP contribution in [0.2, 0.25) is 0 Å². The van der Waals surface area contributed by atoms with Gasteiger partial charge in [-0.15, -0.1) is 0 Å². The highest BCUT2D eigenvalue weighted by Crippen LogP contribution is 2.17. The molecule has 0 atom stereocenters. The van der Waals surface area contributed by atoms with Crippen molar-refractivity contribution in [3.05, 3.63) is 21.9 Å². The number of rotatable bonds is 3. The number of nitrogens with one attached hydrogen (secondary N) is 1. The van der Waals surface area contributed by atoms with E-state index in [4.69, 9.17) is 0 Å². The summed E-state index contributed by atoms with van der Waals surface area (Å²) in [6, 6.07) is 3.57. The van der Waals surface area contributed by atoms with E-state index in [-0.39, 0.29) is 6.54 Å². The minimum atomic E-state index is -2.71. The van der Waals surface area contributed by atoms with Crippen LogP contribution in [0.1, 0.15) is 6.92 Å². The highest BCUT2D eigenvalue weighted by molar-refractivity contribution is 14.1. The van der Waals surface area contributed by atoms with E-state index < -0.39 is 5.92 Å². The van der Waals surface area contributed by atoms with Crippen molar-refractivity contribution < 1.29 is 8.78 Å². The molecular formula is C8H9F2IN2. The number of halogens is 3. The Morgan fingerprint density at radius 2 is 2.31 bits per heavy atom. The summed E-state index contributed by atoms with van der Waals surface area (Å²) < 4.78 is 25.7. The van der Waals surface area contributed by atoms with E-state index >= 15 is 0 Å². The Hall–Kier alpha value is -0.460. The van der Waals surface area contributed by atoms with E-state index in [2.05, 4.69) is 10.3 Å². The Labute approximate surface area is 88.9 Å².